The molecule has 0 fully saturated rings. The van der Waals surface area contributed by atoms with Crippen LogP contribution in [0, 0.1) is 13.8 Å². The highest BCUT2D eigenvalue weighted by atomic mass is 32.2. The minimum absolute atomic E-state index is 0.0389. The maximum atomic E-state index is 14.0. The monoisotopic (exact) mass is 519 g/mol. The number of ether oxygens (including phenoxy) is 1. The van der Waals surface area contributed by atoms with E-state index in [2.05, 4.69) is 24.1 Å². The number of aryl methyl sites for hydroxylation is 2. The van der Waals surface area contributed by atoms with Crippen LogP contribution >= 0.6 is 11.8 Å². The minimum Gasteiger partial charge on any atom is -0.444 e. The molecule has 0 saturated heterocycles. The van der Waals surface area contributed by atoms with E-state index in [0.717, 1.165) is 29.5 Å². The SMILES string of the molecule is C=CCN(C(=O)C(CCSC)NC(=O)OC(C)(C)C)C(C(=O)NC(C)CCC)c1cc(C)ccc1C. The summed E-state index contributed by atoms with van der Waals surface area (Å²) in [6.45, 7) is 17.2. The van der Waals surface area contributed by atoms with Crippen LogP contribution in [0.5, 0.6) is 0 Å². The summed E-state index contributed by atoms with van der Waals surface area (Å²) < 4.78 is 5.42. The van der Waals surface area contributed by atoms with Crippen molar-refractivity contribution in [3.8, 4) is 0 Å². The summed E-state index contributed by atoms with van der Waals surface area (Å²) in [5.74, 6) is 0.0573. The van der Waals surface area contributed by atoms with Gasteiger partial charge in [-0.3, -0.25) is 9.59 Å². The lowest BCUT2D eigenvalue weighted by Gasteiger charge is -2.35. The van der Waals surface area contributed by atoms with Crippen LogP contribution < -0.4 is 10.6 Å². The molecule has 3 unspecified atom stereocenters. The average molecular weight is 520 g/mol. The number of thioether (sulfide) groups is 1. The highest BCUT2D eigenvalue weighted by molar-refractivity contribution is 7.98. The van der Waals surface area contributed by atoms with Crippen molar-refractivity contribution in [1.29, 1.82) is 0 Å². The first-order chi connectivity index (χ1) is 16.8. The second-order valence-corrected chi connectivity index (χ2v) is 11.2. The smallest absolute Gasteiger partial charge is 0.408 e. The van der Waals surface area contributed by atoms with E-state index in [9.17, 15) is 14.4 Å². The zero-order valence-electron chi connectivity index (χ0n) is 23.3. The van der Waals surface area contributed by atoms with Crippen molar-refractivity contribution >= 4 is 29.7 Å². The van der Waals surface area contributed by atoms with Crippen LogP contribution in [-0.2, 0) is 14.3 Å². The maximum Gasteiger partial charge on any atom is 0.408 e. The van der Waals surface area contributed by atoms with Gasteiger partial charge in [-0.2, -0.15) is 11.8 Å². The lowest BCUT2D eigenvalue weighted by molar-refractivity contribution is -0.142. The first kappa shape index (κ1) is 31.5. The van der Waals surface area contributed by atoms with Gasteiger partial charge in [0.05, 0.1) is 0 Å². The lowest BCUT2D eigenvalue weighted by Crippen LogP contribution is -2.54. The Morgan fingerprint density at radius 1 is 1.17 bits per heavy atom. The normalized spacial score (nSPS) is 13.8. The van der Waals surface area contributed by atoms with E-state index in [1.54, 1.807) is 38.6 Å². The summed E-state index contributed by atoms with van der Waals surface area (Å²) in [4.78, 5) is 41.8. The minimum atomic E-state index is -0.869. The lowest BCUT2D eigenvalue weighted by atomic mass is 9.95. The van der Waals surface area contributed by atoms with Crippen LogP contribution in [0.3, 0.4) is 0 Å². The van der Waals surface area contributed by atoms with E-state index < -0.39 is 23.8 Å². The van der Waals surface area contributed by atoms with E-state index in [0.29, 0.717) is 12.2 Å². The summed E-state index contributed by atoms with van der Waals surface area (Å²) in [6, 6.07) is 4.14. The van der Waals surface area contributed by atoms with Gasteiger partial charge in [0.25, 0.3) is 0 Å². The van der Waals surface area contributed by atoms with Gasteiger partial charge in [0.15, 0.2) is 0 Å². The van der Waals surface area contributed by atoms with Crippen molar-refractivity contribution < 1.29 is 19.1 Å². The van der Waals surface area contributed by atoms with Crippen LogP contribution in [-0.4, -0.2) is 59.0 Å². The third kappa shape index (κ3) is 10.2. The molecular formula is C28H45N3O4S. The predicted octanol–water partition coefficient (Wildman–Crippen LogP) is 5.31. The van der Waals surface area contributed by atoms with E-state index in [1.807, 2.05) is 45.2 Å². The molecule has 0 heterocycles. The first-order valence-corrected chi connectivity index (χ1v) is 14.0. The van der Waals surface area contributed by atoms with Gasteiger partial charge >= 0.3 is 6.09 Å². The number of carbonyl (C=O) groups is 3. The molecule has 36 heavy (non-hydrogen) atoms. The van der Waals surface area contributed by atoms with Gasteiger partial charge in [-0.1, -0.05) is 43.2 Å². The number of benzene rings is 1. The van der Waals surface area contributed by atoms with Crippen molar-refractivity contribution in [2.75, 3.05) is 18.6 Å². The maximum absolute atomic E-state index is 14.0. The molecule has 0 saturated carbocycles. The third-order valence-corrected chi connectivity index (χ3v) is 6.25. The fourth-order valence-electron chi connectivity index (χ4n) is 3.94. The number of amides is 3. The third-order valence-electron chi connectivity index (χ3n) is 5.61. The van der Waals surface area contributed by atoms with E-state index in [4.69, 9.17) is 4.74 Å². The van der Waals surface area contributed by atoms with Gasteiger partial charge in [0, 0.05) is 12.6 Å². The van der Waals surface area contributed by atoms with Gasteiger partial charge in [0.2, 0.25) is 11.8 Å². The van der Waals surface area contributed by atoms with Crippen molar-refractivity contribution in [2.24, 2.45) is 0 Å². The zero-order chi connectivity index (χ0) is 27.5. The molecule has 0 aliphatic carbocycles. The molecule has 1 rings (SSSR count). The van der Waals surface area contributed by atoms with Crippen LogP contribution in [0.15, 0.2) is 30.9 Å². The number of hydrogen-bond acceptors (Lipinski definition) is 5. The second kappa shape index (κ2) is 14.9. The molecule has 7 nitrogen and oxygen atoms in total. The number of nitrogens with one attached hydrogen (secondary N) is 2. The zero-order valence-corrected chi connectivity index (χ0v) is 24.1. The predicted molar refractivity (Wildman–Crippen MR) is 149 cm³/mol. The Hall–Kier alpha value is -2.48. The van der Waals surface area contributed by atoms with Gasteiger partial charge < -0.3 is 20.3 Å². The molecule has 0 radical (unpaired) electrons. The second-order valence-electron chi connectivity index (χ2n) is 10.2. The molecule has 0 aliphatic rings. The van der Waals surface area contributed by atoms with Gasteiger partial charge in [-0.15, -0.1) is 6.58 Å². The molecule has 0 spiro atoms. The molecule has 8 heteroatoms. The van der Waals surface area contributed by atoms with E-state index in [-0.39, 0.29) is 24.4 Å². The van der Waals surface area contributed by atoms with Gasteiger partial charge in [0.1, 0.15) is 17.7 Å². The van der Waals surface area contributed by atoms with Crippen LogP contribution in [0.4, 0.5) is 4.79 Å². The standard InChI is InChI=1S/C28H45N3O4S/c1-10-12-21(5)29-25(32)24(22-18-19(3)13-14-20(22)4)31(16-11-2)26(33)23(15-17-36-9)30-27(34)35-28(6,7)8/h11,13-14,18,21,23-24H,2,10,12,15-17H2,1,3-9H3,(H,29,32)(H,30,34). The first-order valence-electron chi connectivity index (χ1n) is 12.6. The van der Waals surface area contributed by atoms with Crippen molar-refractivity contribution in [3.63, 3.8) is 0 Å². The number of alkyl carbamates (subject to hydrolysis) is 1. The van der Waals surface area contributed by atoms with Crippen LogP contribution in [0.2, 0.25) is 0 Å². The molecule has 1 aromatic carbocycles. The Balaban J connectivity index is 3.49. The molecule has 1 aromatic rings. The quantitative estimate of drug-likeness (QED) is 0.345. The molecular weight excluding hydrogens is 474 g/mol. The topological polar surface area (TPSA) is 87.7 Å². The van der Waals surface area contributed by atoms with E-state index in [1.165, 1.54) is 4.90 Å². The molecule has 2 N–H and O–H groups in total. The highest BCUT2D eigenvalue weighted by Crippen LogP contribution is 2.27. The Kier molecular flexibility index (Phi) is 13.1. The number of carbonyl (C=O) groups excluding carboxylic acids is 3. The fourth-order valence-corrected chi connectivity index (χ4v) is 4.41. The Bertz CT molecular complexity index is 897. The number of nitrogens with zero attached hydrogens (tertiary/aromatic N) is 1. The van der Waals surface area contributed by atoms with Crippen molar-refractivity contribution in [1.82, 2.24) is 15.5 Å². The molecule has 3 amide bonds. The Morgan fingerprint density at radius 2 is 1.83 bits per heavy atom. The highest BCUT2D eigenvalue weighted by Gasteiger charge is 2.36. The Morgan fingerprint density at radius 3 is 2.39 bits per heavy atom. The number of rotatable bonds is 13. The number of hydrogen-bond donors (Lipinski definition) is 2. The van der Waals surface area contributed by atoms with Crippen LogP contribution in [0.25, 0.3) is 0 Å². The van der Waals surface area contributed by atoms with Gasteiger partial charge in [-0.05, 0) is 77.5 Å². The Labute approximate surface area is 221 Å². The molecule has 0 aliphatic heterocycles. The van der Waals surface area contributed by atoms with Gasteiger partial charge in [-0.25, -0.2) is 4.79 Å². The van der Waals surface area contributed by atoms with E-state index >= 15 is 0 Å². The molecule has 0 bridgehead atoms. The average Bonchev–Trinajstić information content (AvgIpc) is 2.77. The fraction of sp³-hybridized carbons (Fsp3) is 0.607. The summed E-state index contributed by atoms with van der Waals surface area (Å²) in [6.07, 6.45) is 5.05. The molecule has 202 valence electrons. The summed E-state index contributed by atoms with van der Waals surface area (Å²) in [5, 5.41) is 5.84. The molecule has 3 atom stereocenters. The van der Waals surface area contributed by atoms with Crippen molar-refractivity contribution in [2.45, 2.75) is 91.5 Å². The largest absolute Gasteiger partial charge is 0.444 e. The molecule has 0 aromatic heterocycles. The summed E-state index contributed by atoms with van der Waals surface area (Å²) >= 11 is 1.58. The van der Waals surface area contributed by atoms with Crippen molar-refractivity contribution in [3.05, 3.63) is 47.5 Å². The van der Waals surface area contributed by atoms with Crippen LogP contribution in [0.1, 0.15) is 76.6 Å². The summed E-state index contributed by atoms with van der Waals surface area (Å²) in [5.41, 5.74) is 1.96. The summed E-state index contributed by atoms with van der Waals surface area (Å²) in [7, 11) is 0.